The third kappa shape index (κ3) is 2.07. The minimum Gasteiger partial charge on any atom is -0.465 e. The van der Waals surface area contributed by atoms with Crippen LogP contribution in [-0.2, 0) is 4.74 Å². The van der Waals surface area contributed by atoms with Crippen molar-refractivity contribution in [2.24, 2.45) is 11.8 Å². The van der Waals surface area contributed by atoms with E-state index in [9.17, 15) is 4.79 Å². The average Bonchev–Trinajstić information content (AvgIpc) is 3.07. The summed E-state index contributed by atoms with van der Waals surface area (Å²) in [6.07, 6.45) is 3.92. The first kappa shape index (κ1) is 11.8. The monoisotopic (exact) mass is 265 g/mol. The molecule has 2 aliphatic rings. The topological polar surface area (TPSA) is 38.3 Å². The number of nitrogens with one attached hydrogen (secondary N) is 1. The summed E-state index contributed by atoms with van der Waals surface area (Å²) in [6.45, 7) is 0. The molecule has 3 rings (SSSR count). The minimum absolute atomic E-state index is 0.389. The fourth-order valence-electron chi connectivity index (χ4n) is 2.98. The lowest BCUT2D eigenvalue weighted by atomic mass is 10.1. The van der Waals surface area contributed by atoms with E-state index in [1.165, 1.54) is 26.4 Å². The standard InChI is InChI=1S/C14H16ClNO2/c1-18-14(17)11-7-9(3-4-12(11)15)16-13-5-2-8-6-10(8)13/h3-4,7-8,10,13,16H,2,5-6H2,1H3. The van der Waals surface area contributed by atoms with Crippen LogP contribution < -0.4 is 5.32 Å². The number of hydrogen-bond acceptors (Lipinski definition) is 3. The maximum atomic E-state index is 11.6. The summed E-state index contributed by atoms with van der Waals surface area (Å²) in [7, 11) is 1.37. The molecule has 0 bridgehead atoms. The van der Waals surface area contributed by atoms with Gasteiger partial charge in [-0.3, -0.25) is 0 Å². The van der Waals surface area contributed by atoms with Crippen molar-refractivity contribution in [2.45, 2.75) is 25.3 Å². The van der Waals surface area contributed by atoms with E-state index in [-0.39, 0.29) is 5.97 Å². The number of carbonyl (C=O) groups excluding carboxylic acids is 1. The normalized spacial score (nSPS) is 28.7. The Bertz CT molecular complexity index is 489. The Kier molecular flexibility index (Phi) is 2.94. The number of carbonyl (C=O) groups is 1. The molecule has 1 aromatic carbocycles. The lowest BCUT2D eigenvalue weighted by molar-refractivity contribution is 0.0601. The number of rotatable bonds is 3. The highest BCUT2D eigenvalue weighted by molar-refractivity contribution is 6.33. The largest absolute Gasteiger partial charge is 0.465 e. The van der Waals surface area contributed by atoms with Gasteiger partial charge in [0.1, 0.15) is 0 Å². The van der Waals surface area contributed by atoms with Gasteiger partial charge < -0.3 is 10.1 Å². The molecule has 0 amide bonds. The zero-order valence-electron chi connectivity index (χ0n) is 10.3. The highest BCUT2D eigenvalue weighted by Crippen LogP contribution is 2.52. The molecule has 0 aromatic heterocycles. The van der Waals surface area contributed by atoms with Gasteiger partial charge in [-0.05, 0) is 49.3 Å². The van der Waals surface area contributed by atoms with Gasteiger partial charge in [0.25, 0.3) is 0 Å². The summed E-state index contributed by atoms with van der Waals surface area (Å²) in [5.41, 5.74) is 1.38. The molecule has 1 aromatic rings. The summed E-state index contributed by atoms with van der Waals surface area (Å²) in [5, 5.41) is 3.95. The van der Waals surface area contributed by atoms with Crippen molar-refractivity contribution in [3.05, 3.63) is 28.8 Å². The van der Waals surface area contributed by atoms with E-state index in [2.05, 4.69) is 5.32 Å². The highest BCUT2D eigenvalue weighted by atomic mass is 35.5. The first-order chi connectivity index (χ1) is 8.69. The molecule has 3 nitrogen and oxygen atoms in total. The molecule has 18 heavy (non-hydrogen) atoms. The average molecular weight is 266 g/mol. The van der Waals surface area contributed by atoms with Crippen molar-refractivity contribution in [1.82, 2.24) is 0 Å². The summed E-state index contributed by atoms with van der Waals surface area (Å²) >= 11 is 5.99. The van der Waals surface area contributed by atoms with Gasteiger partial charge in [0.15, 0.2) is 0 Å². The molecule has 2 fully saturated rings. The third-order valence-electron chi connectivity index (χ3n) is 4.07. The summed E-state index contributed by atoms with van der Waals surface area (Å²) in [6, 6.07) is 6.01. The van der Waals surface area contributed by atoms with Crippen LogP contribution in [0.25, 0.3) is 0 Å². The van der Waals surface area contributed by atoms with Gasteiger partial charge in [-0.1, -0.05) is 11.6 Å². The van der Waals surface area contributed by atoms with Gasteiger partial charge in [0.2, 0.25) is 0 Å². The molecular formula is C14H16ClNO2. The maximum absolute atomic E-state index is 11.6. The van der Waals surface area contributed by atoms with E-state index >= 15 is 0 Å². The quantitative estimate of drug-likeness (QED) is 0.852. The predicted molar refractivity (Wildman–Crippen MR) is 71.0 cm³/mol. The number of fused-ring (bicyclic) bond motifs is 1. The molecule has 96 valence electrons. The number of hydrogen-bond donors (Lipinski definition) is 1. The van der Waals surface area contributed by atoms with E-state index in [1.807, 2.05) is 6.07 Å². The summed E-state index contributed by atoms with van der Waals surface area (Å²) in [5.74, 6) is 1.39. The zero-order chi connectivity index (χ0) is 12.7. The first-order valence-electron chi connectivity index (χ1n) is 6.33. The summed E-state index contributed by atoms with van der Waals surface area (Å²) < 4.78 is 4.72. The Morgan fingerprint density at radius 3 is 2.89 bits per heavy atom. The Balaban J connectivity index is 1.77. The van der Waals surface area contributed by atoms with E-state index in [0.717, 1.165) is 17.5 Å². The van der Waals surface area contributed by atoms with Crippen LogP contribution in [0.3, 0.4) is 0 Å². The zero-order valence-corrected chi connectivity index (χ0v) is 11.0. The second-order valence-electron chi connectivity index (χ2n) is 5.17. The van der Waals surface area contributed by atoms with Crippen LogP contribution in [0.5, 0.6) is 0 Å². The fraction of sp³-hybridized carbons (Fsp3) is 0.500. The Morgan fingerprint density at radius 1 is 1.44 bits per heavy atom. The van der Waals surface area contributed by atoms with Crippen LogP contribution in [0.2, 0.25) is 5.02 Å². The second-order valence-corrected chi connectivity index (χ2v) is 5.58. The van der Waals surface area contributed by atoms with E-state index < -0.39 is 0 Å². The lowest BCUT2D eigenvalue weighted by Crippen LogP contribution is -2.19. The van der Waals surface area contributed by atoms with Crippen LogP contribution in [0, 0.1) is 11.8 Å². The predicted octanol–water partition coefficient (Wildman–Crippen LogP) is 3.34. The van der Waals surface area contributed by atoms with Gasteiger partial charge in [0, 0.05) is 11.7 Å². The van der Waals surface area contributed by atoms with Crippen LogP contribution in [0.15, 0.2) is 18.2 Å². The van der Waals surface area contributed by atoms with Gasteiger partial charge in [-0.2, -0.15) is 0 Å². The fourth-order valence-corrected chi connectivity index (χ4v) is 3.17. The molecule has 3 unspecified atom stereocenters. The van der Waals surface area contributed by atoms with E-state index in [4.69, 9.17) is 16.3 Å². The molecule has 0 saturated heterocycles. The third-order valence-corrected chi connectivity index (χ3v) is 4.40. The van der Waals surface area contributed by atoms with Crippen LogP contribution >= 0.6 is 11.6 Å². The number of benzene rings is 1. The van der Waals surface area contributed by atoms with Gasteiger partial charge in [-0.25, -0.2) is 4.79 Å². The Labute approximate surface area is 111 Å². The molecule has 1 N–H and O–H groups in total. The number of esters is 1. The molecule has 0 heterocycles. The van der Waals surface area contributed by atoms with E-state index in [0.29, 0.717) is 16.6 Å². The smallest absolute Gasteiger partial charge is 0.339 e. The molecule has 0 radical (unpaired) electrons. The molecule has 2 aliphatic carbocycles. The van der Waals surface area contributed by atoms with Crippen molar-refractivity contribution in [3.63, 3.8) is 0 Å². The van der Waals surface area contributed by atoms with Crippen LogP contribution in [0.1, 0.15) is 29.6 Å². The van der Waals surface area contributed by atoms with Crippen molar-refractivity contribution < 1.29 is 9.53 Å². The lowest BCUT2D eigenvalue weighted by Gasteiger charge is -2.16. The Morgan fingerprint density at radius 2 is 2.28 bits per heavy atom. The maximum Gasteiger partial charge on any atom is 0.339 e. The van der Waals surface area contributed by atoms with Crippen molar-refractivity contribution in [1.29, 1.82) is 0 Å². The van der Waals surface area contributed by atoms with Crippen molar-refractivity contribution in [2.75, 3.05) is 12.4 Å². The number of ether oxygens (including phenoxy) is 1. The van der Waals surface area contributed by atoms with Gasteiger partial charge >= 0.3 is 5.97 Å². The Hall–Kier alpha value is -1.22. The molecule has 0 spiro atoms. The molecule has 3 atom stereocenters. The molecule has 0 aliphatic heterocycles. The SMILES string of the molecule is COC(=O)c1cc(NC2CCC3CC32)ccc1Cl. The van der Waals surface area contributed by atoms with Gasteiger partial charge in [-0.15, -0.1) is 0 Å². The van der Waals surface area contributed by atoms with Crippen LogP contribution in [0.4, 0.5) is 5.69 Å². The number of methoxy groups -OCH3 is 1. The first-order valence-corrected chi connectivity index (χ1v) is 6.71. The van der Waals surface area contributed by atoms with Crippen LogP contribution in [-0.4, -0.2) is 19.1 Å². The number of halogens is 1. The minimum atomic E-state index is -0.389. The molecule has 4 heteroatoms. The molecular weight excluding hydrogens is 250 g/mol. The molecule has 2 saturated carbocycles. The van der Waals surface area contributed by atoms with Gasteiger partial charge in [0.05, 0.1) is 17.7 Å². The van der Waals surface area contributed by atoms with Crippen molar-refractivity contribution >= 4 is 23.3 Å². The second kappa shape index (κ2) is 4.47. The summed E-state index contributed by atoms with van der Waals surface area (Å²) in [4.78, 5) is 11.6. The van der Waals surface area contributed by atoms with Crippen molar-refractivity contribution in [3.8, 4) is 0 Å². The highest BCUT2D eigenvalue weighted by Gasteiger charge is 2.47. The number of anilines is 1. The van der Waals surface area contributed by atoms with E-state index in [1.54, 1.807) is 12.1 Å².